The van der Waals surface area contributed by atoms with E-state index in [0.717, 1.165) is 27.4 Å². The third-order valence-electron chi connectivity index (χ3n) is 2.76. The molecular weight excluding hydrogens is 216 g/mol. The predicted octanol–water partition coefficient (Wildman–Crippen LogP) is 2.32. The molecule has 5 heteroatoms. The molecular formula is C12H6N4O. The van der Waals surface area contributed by atoms with Crippen molar-refractivity contribution in [2.75, 3.05) is 0 Å². The molecule has 0 spiro atoms. The van der Waals surface area contributed by atoms with Gasteiger partial charge in [0.2, 0.25) is 0 Å². The number of furan rings is 1. The molecule has 0 fully saturated rings. The van der Waals surface area contributed by atoms with E-state index in [1.54, 1.807) is 12.4 Å². The quantitative estimate of drug-likeness (QED) is 0.456. The smallest absolute Gasteiger partial charge is 0.172 e. The lowest BCUT2D eigenvalue weighted by atomic mass is 10.2. The summed E-state index contributed by atoms with van der Waals surface area (Å²) in [5.41, 5.74) is 3.16. The number of benzene rings is 1. The Morgan fingerprint density at radius 2 is 1.76 bits per heavy atom. The van der Waals surface area contributed by atoms with Gasteiger partial charge in [0.15, 0.2) is 5.58 Å². The fourth-order valence-corrected chi connectivity index (χ4v) is 1.99. The molecule has 3 heterocycles. The van der Waals surface area contributed by atoms with E-state index in [-0.39, 0.29) is 0 Å². The van der Waals surface area contributed by atoms with E-state index in [0.29, 0.717) is 5.58 Å². The molecule has 0 bridgehead atoms. The van der Waals surface area contributed by atoms with Gasteiger partial charge in [-0.3, -0.25) is 0 Å². The standard InChI is InChI=1S/C12H6N4O/c1-7-3-13-5-15-9(7)2-8-10(1)17-11-4-14-6-16-12(8)11/h1-6H. The molecule has 0 saturated heterocycles. The molecule has 0 radical (unpaired) electrons. The summed E-state index contributed by atoms with van der Waals surface area (Å²) in [6, 6.07) is 3.89. The van der Waals surface area contributed by atoms with Crippen LogP contribution in [0.5, 0.6) is 0 Å². The van der Waals surface area contributed by atoms with E-state index in [2.05, 4.69) is 19.9 Å². The summed E-state index contributed by atoms with van der Waals surface area (Å²) in [6.45, 7) is 0. The summed E-state index contributed by atoms with van der Waals surface area (Å²) in [4.78, 5) is 16.4. The van der Waals surface area contributed by atoms with E-state index >= 15 is 0 Å². The lowest BCUT2D eigenvalue weighted by Crippen LogP contribution is -1.80. The summed E-state index contributed by atoms with van der Waals surface area (Å²) >= 11 is 0. The predicted molar refractivity (Wildman–Crippen MR) is 62.4 cm³/mol. The molecule has 80 valence electrons. The van der Waals surface area contributed by atoms with Crippen LogP contribution in [0.1, 0.15) is 0 Å². The van der Waals surface area contributed by atoms with E-state index in [1.165, 1.54) is 12.7 Å². The average molecular weight is 222 g/mol. The van der Waals surface area contributed by atoms with Crippen molar-refractivity contribution >= 4 is 33.0 Å². The molecule has 0 aliphatic heterocycles. The van der Waals surface area contributed by atoms with E-state index < -0.39 is 0 Å². The second-order valence-corrected chi connectivity index (χ2v) is 3.77. The second-order valence-electron chi connectivity index (χ2n) is 3.77. The van der Waals surface area contributed by atoms with Gasteiger partial charge in [-0.15, -0.1) is 0 Å². The van der Waals surface area contributed by atoms with Crippen LogP contribution in [-0.2, 0) is 0 Å². The van der Waals surface area contributed by atoms with E-state index in [4.69, 9.17) is 4.42 Å². The van der Waals surface area contributed by atoms with Crippen molar-refractivity contribution < 1.29 is 4.42 Å². The number of aromatic nitrogens is 4. The van der Waals surface area contributed by atoms with Gasteiger partial charge in [0.25, 0.3) is 0 Å². The summed E-state index contributed by atoms with van der Waals surface area (Å²) in [6.07, 6.45) is 6.48. The van der Waals surface area contributed by atoms with Gasteiger partial charge < -0.3 is 4.42 Å². The van der Waals surface area contributed by atoms with Gasteiger partial charge in [-0.05, 0) is 12.1 Å². The SMILES string of the molecule is c1ncc2cc3oc4cncnc4c3cc2n1. The van der Waals surface area contributed by atoms with Crippen molar-refractivity contribution in [3.8, 4) is 0 Å². The molecule has 1 aromatic carbocycles. The van der Waals surface area contributed by atoms with Gasteiger partial charge in [0.1, 0.15) is 23.8 Å². The zero-order valence-electron chi connectivity index (χ0n) is 8.66. The Balaban J connectivity index is 2.28. The first-order valence-corrected chi connectivity index (χ1v) is 5.14. The normalized spacial score (nSPS) is 11.5. The van der Waals surface area contributed by atoms with Crippen LogP contribution in [0.3, 0.4) is 0 Å². The van der Waals surface area contributed by atoms with Gasteiger partial charge in [0, 0.05) is 17.0 Å². The number of rotatable bonds is 0. The minimum atomic E-state index is 0.686. The summed E-state index contributed by atoms with van der Waals surface area (Å²) < 4.78 is 5.68. The zero-order valence-corrected chi connectivity index (χ0v) is 8.66. The molecule has 0 unspecified atom stereocenters. The van der Waals surface area contributed by atoms with Gasteiger partial charge in [-0.1, -0.05) is 0 Å². The van der Waals surface area contributed by atoms with E-state index in [1.807, 2.05) is 12.1 Å². The molecule has 0 saturated carbocycles. The average Bonchev–Trinajstić information content (AvgIpc) is 2.73. The Morgan fingerprint density at radius 3 is 2.76 bits per heavy atom. The van der Waals surface area contributed by atoms with Crippen LogP contribution in [0.15, 0.2) is 41.6 Å². The Kier molecular flexibility index (Phi) is 1.50. The van der Waals surface area contributed by atoms with Crippen molar-refractivity contribution in [3.05, 3.63) is 37.2 Å². The third-order valence-corrected chi connectivity index (χ3v) is 2.76. The molecule has 0 atom stereocenters. The Hall–Kier alpha value is -2.56. The van der Waals surface area contributed by atoms with Crippen LogP contribution in [0.4, 0.5) is 0 Å². The highest BCUT2D eigenvalue weighted by atomic mass is 16.3. The molecule has 4 aromatic rings. The highest BCUT2D eigenvalue weighted by Crippen LogP contribution is 2.29. The molecule has 3 aromatic heterocycles. The van der Waals surface area contributed by atoms with Crippen molar-refractivity contribution in [2.45, 2.75) is 0 Å². The van der Waals surface area contributed by atoms with Crippen LogP contribution >= 0.6 is 0 Å². The number of nitrogens with zero attached hydrogens (tertiary/aromatic N) is 4. The fraction of sp³-hybridized carbons (Fsp3) is 0. The van der Waals surface area contributed by atoms with Crippen LogP contribution < -0.4 is 0 Å². The highest BCUT2D eigenvalue weighted by molar-refractivity contribution is 6.07. The van der Waals surface area contributed by atoms with Gasteiger partial charge in [-0.2, -0.15) is 0 Å². The summed E-state index contributed by atoms with van der Waals surface area (Å²) in [5, 5.41) is 1.90. The molecule has 0 aliphatic rings. The first-order valence-electron chi connectivity index (χ1n) is 5.14. The van der Waals surface area contributed by atoms with Crippen molar-refractivity contribution in [1.29, 1.82) is 0 Å². The monoisotopic (exact) mass is 222 g/mol. The summed E-state index contributed by atoms with van der Waals surface area (Å²) in [7, 11) is 0. The van der Waals surface area contributed by atoms with Crippen molar-refractivity contribution in [3.63, 3.8) is 0 Å². The highest BCUT2D eigenvalue weighted by Gasteiger charge is 2.09. The Morgan fingerprint density at radius 1 is 0.882 bits per heavy atom. The minimum Gasteiger partial charge on any atom is -0.453 e. The first-order chi connectivity index (χ1) is 8.42. The molecule has 5 nitrogen and oxygen atoms in total. The van der Waals surface area contributed by atoms with Crippen LogP contribution in [0, 0.1) is 0 Å². The zero-order chi connectivity index (χ0) is 11.2. The lowest BCUT2D eigenvalue weighted by Gasteiger charge is -1.94. The lowest BCUT2D eigenvalue weighted by molar-refractivity contribution is 0.666. The Bertz CT molecular complexity index is 847. The maximum Gasteiger partial charge on any atom is 0.172 e. The third kappa shape index (κ3) is 1.13. The van der Waals surface area contributed by atoms with Crippen LogP contribution in [0.25, 0.3) is 33.0 Å². The maximum absolute atomic E-state index is 5.68. The van der Waals surface area contributed by atoms with Gasteiger partial charge >= 0.3 is 0 Å². The van der Waals surface area contributed by atoms with Crippen LogP contribution in [0.2, 0.25) is 0 Å². The molecule has 4 rings (SSSR count). The van der Waals surface area contributed by atoms with Crippen LogP contribution in [-0.4, -0.2) is 19.9 Å². The number of fused-ring (bicyclic) bond motifs is 4. The summed E-state index contributed by atoms with van der Waals surface area (Å²) in [5.74, 6) is 0. The Labute approximate surface area is 95.1 Å². The molecule has 0 aliphatic carbocycles. The van der Waals surface area contributed by atoms with Crippen molar-refractivity contribution in [2.24, 2.45) is 0 Å². The topological polar surface area (TPSA) is 64.7 Å². The van der Waals surface area contributed by atoms with E-state index in [9.17, 15) is 0 Å². The molecule has 0 amide bonds. The number of hydrogen-bond donors (Lipinski definition) is 0. The molecule has 0 N–H and O–H groups in total. The number of hydrogen-bond acceptors (Lipinski definition) is 5. The second kappa shape index (κ2) is 2.98. The largest absolute Gasteiger partial charge is 0.453 e. The minimum absolute atomic E-state index is 0.686. The van der Waals surface area contributed by atoms with Gasteiger partial charge in [0.05, 0.1) is 11.7 Å². The maximum atomic E-state index is 5.68. The fourth-order valence-electron chi connectivity index (χ4n) is 1.99. The first kappa shape index (κ1) is 8.58. The van der Waals surface area contributed by atoms with Crippen molar-refractivity contribution in [1.82, 2.24) is 19.9 Å². The van der Waals surface area contributed by atoms with Gasteiger partial charge in [-0.25, -0.2) is 19.9 Å². The molecule has 17 heavy (non-hydrogen) atoms.